The Kier molecular flexibility index (Phi) is 7.38. The molecule has 0 radical (unpaired) electrons. The second-order valence-corrected chi connectivity index (χ2v) is 3.49. The van der Waals surface area contributed by atoms with Gasteiger partial charge < -0.3 is 0 Å². The Morgan fingerprint density at radius 2 is 1.85 bits per heavy atom. The van der Waals surface area contributed by atoms with Gasteiger partial charge >= 0.3 is 0 Å². The van der Waals surface area contributed by atoms with Crippen molar-refractivity contribution in [3.63, 3.8) is 0 Å². The SMILES string of the molecule is CC/C=C/C=C(C)\C=C(/C)CCC. The Morgan fingerprint density at radius 1 is 1.15 bits per heavy atom. The maximum atomic E-state index is 2.27. The molecule has 0 saturated carbocycles. The van der Waals surface area contributed by atoms with E-state index >= 15 is 0 Å². The first kappa shape index (κ1) is 12.2. The molecule has 0 rings (SSSR count). The Labute approximate surface area is 83.0 Å². The van der Waals surface area contributed by atoms with Gasteiger partial charge in [0.15, 0.2) is 0 Å². The molecule has 13 heavy (non-hydrogen) atoms. The highest BCUT2D eigenvalue weighted by molar-refractivity contribution is 5.24. The number of hydrogen-bond acceptors (Lipinski definition) is 0. The van der Waals surface area contributed by atoms with Gasteiger partial charge in [-0.15, -0.1) is 0 Å². The lowest BCUT2D eigenvalue weighted by Gasteiger charge is -1.97. The first-order chi connectivity index (χ1) is 6.20. The Balaban J connectivity index is 4.10. The van der Waals surface area contributed by atoms with Crippen LogP contribution in [0.2, 0.25) is 0 Å². The maximum absolute atomic E-state index is 2.27. The summed E-state index contributed by atoms with van der Waals surface area (Å²) in [6, 6.07) is 0. The van der Waals surface area contributed by atoms with Crippen molar-refractivity contribution in [2.24, 2.45) is 0 Å². The van der Waals surface area contributed by atoms with Crippen LogP contribution in [-0.4, -0.2) is 0 Å². The molecule has 0 atom stereocenters. The van der Waals surface area contributed by atoms with Crippen LogP contribution in [0.1, 0.15) is 47.0 Å². The third kappa shape index (κ3) is 7.58. The Morgan fingerprint density at radius 3 is 2.38 bits per heavy atom. The van der Waals surface area contributed by atoms with Gasteiger partial charge in [0.1, 0.15) is 0 Å². The van der Waals surface area contributed by atoms with Crippen LogP contribution in [-0.2, 0) is 0 Å². The highest BCUT2D eigenvalue weighted by Gasteiger charge is 1.87. The normalized spacial score (nSPS) is 14.2. The fraction of sp³-hybridized carbons (Fsp3) is 0.538. The van der Waals surface area contributed by atoms with Crippen molar-refractivity contribution in [1.29, 1.82) is 0 Å². The zero-order valence-corrected chi connectivity index (χ0v) is 9.43. The van der Waals surface area contributed by atoms with E-state index in [4.69, 9.17) is 0 Å². The van der Waals surface area contributed by atoms with Gasteiger partial charge in [-0.2, -0.15) is 0 Å². The first-order valence-corrected chi connectivity index (χ1v) is 5.21. The van der Waals surface area contributed by atoms with Crippen molar-refractivity contribution >= 4 is 0 Å². The van der Waals surface area contributed by atoms with Gasteiger partial charge in [0.05, 0.1) is 0 Å². The molecule has 74 valence electrons. The molecular weight excluding hydrogens is 156 g/mol. The average Bonchev–Trinajstić information content (AvgIpc) is 2.05. The van der Waals surface area contributed by atoms with E-state index < -0.39 is 0 Å². The van der Waals surface area contributed by atoms with E-state index in [9.17, 15) is 0 Å². The standard InChI is InChI=1S/C13H22/c1-5-7-8-10-13(4)11-12(3)9-6-2/h7-8,10-11H,5-6,9H2,1-4H3/b8-7+,12-11+,13-10-. The highest BCUT2D eigenvalue weighted by atomic mass is 13.9. The fourth-order valence-electron chi connectivity index (χ4n) is 1.26. The van der Waals surface area contributed by atoms with Crippen LogP contribution < -0.4 is 0 Å². The van der Waals surface area contributed by atoms with Crippen LogP contribution in [0, 0.1) is 0 Å². The molecule has 0 aliphatic carbocycles. The van der Waals surface area contributed by atoms with Crippen molar-refractivity contribution in [3.8, 4) is 0 Å². The summed E-state index contributed by atoms with van der Waals surface area (Å²) in [6.45, 7) is 8.72. The molecule has 0 aliphatic rings. The smallest absolute Gasteiger partial charge is 0.0322 e. The topological polar surface area (TPSA) is 0 Å². The Bertz CT molecular complexity index is 204. The third-order valence-corrected chi connectivity index (χ3v) is 1.85. The quantitative estimate of drug-likeness (QED) is 0.538. The minimum atomic E-state index is 1.11. The zero-order valence-electron chi connectivity index (χ0n) is 9.43. The monoisotopic (exact) mass is 178 g/mol. The van der Waals surface area contributed by atoms with Gasteiger partial charge in [-0.05, 0) is 26.7 Å². The highest BCUT2D eigenvalue weighted by Crippen LogP contribution is 2.07. The molecule has 0 nitrogen and oxygen atoms in total. The molecule has 0 bridgehead atoms. The number of rotatable bonds is 5. The van der Waals surface area contributed by atoms with Gasteiger partial charge in [-0.25, -0.2) is 0 Å². The van der Waals surface area contributed by atoms with E-state index in [0.717, 1.165) is 6.42 Å². The summed E-state index contributed by atoms with van der Waals surface area (Å²) >= 11 is 0. The summed E-state index contributed by atoms with van der Waals surface area (Å²) in [6.07, 6.45) is 12.3. The van der Waals surface area contributed by atoms with Crippen LogP contribution in [0.4, 0.5) is 0 Å². The minimum Gasteiger partial charge on any atom is -0.0848 e. The van der Waals surface area contributed by atoms with Crippen LogP contribution in [0.3, 0.4) is 0 Å². The van der Waals surface area contributed by atoms with E-state index in [2.05, 4.69) is 52.0 Å². The predicted molar refractivity (Wildman–Crippen MR) is 61.9 cm³/mol. The van der Waals surface area contributed by atoms with Gasteiger partial charge in [-0.1, -0.05) is 55.7 Å². The van der Waals surface area contributed by atoms with Crippen molar-refractivity contribution in [2.45, 2.75) is 47.0 Å². The third-order valence-electron chi connectivity index (χ3n) is 1.85. The summed E-state index contributed by atoms with van der Waals surface area (Å²) < 4.78 is 0. The summed E-state index contributed by atoms with van der Waals surface area (Å²) in [5.74, 6) is 0. The van der Waals surface area contributed by atoms with Crippen molar-refractivity contribution < 1.29 is 0 Å². The molecule has 0 N–H and O–H groups in total. The molecule has 0 aromatic carbocycles. The van der Waals surface area contributed by atoms with Crippen LogP contribution in [0.25, 0.3) is 0 Å². The Hall–Kier alpha value is -0.780. The molecule has 0 amide bonds. The van der Waals surface area contributed by atoms with Crippen LogP contribution >= 0.6 is 0 Å². The molecule has 0 aromatic rings. The summed E-state index contributed by atoms with van der Waals surface area (Å²) in [5.41, 5.74) is 2.82. The molecular formula is C13H22. The molecule has 0 aliphatic heterocycles. The average molecular weight is 178 g/mol. The van der Waals surface area contributed by atoms with Crippen molar-refractivity contribution in [1.82, 2.24) is 0 Å². The lowest BCUT2D eigenvalue weighted by atomic mass is 10.1. The van der Waals surface area contributed by atoms with Gasteiger partial charge in [0.2, 0.25) is 0 Å². The second kappa shape index (κ2) is 7.85. The predicted octanol–water partition coefficient (Wildman–Crippen LogP) is 4.65. The number of hydrogen-bond donors (Lipinski definition) is 0. The van der Waals surface area contributed by atoms with Crippen molar-refractivity contribution in [2.75, 3.05) is 0 Å². The van der Waals surface area contributed by atoms with E-state index in [1.165, 1.54) is 24.0 Å². The maximum Gasteiger partial charge on any atom is -0.0322 e. The summed E-state index contributed by atoms with van der Waals surface area (Å²) in [7, 11) is 0. The van der Waals surface area contributed by atoms with E-state index in [1.807, 2.05) is 0 Å². The molecule has 0 heteroatoms. The van der Waals surface area contributed by atoms with Gasteiger partial charge in [0.25, 0.3) is 0 Å². The largest absolute Gasteiger partial charge is 0.0848 e. The van der Waals surface area contributed by atoms with Crippen LogP contribution in [0.15, 0.2) is 35.5 Å². The second-order valence-electron chi connectivity index (χ2n) is 3.49. The van der Waals surface area contributed by atoms with E-state index in [1.54, 1.807) is 0 Å². The summed E-state index contributed by atoms with van der Waals surface area (Å²) in [5, 5.41) is 0. The van der Waals surface area contributed by atoms with Crippen LogP contribution in [0.5, 0.6) is 0 Å². The fourth-order valence-corrected chi connectivity index (χ4v) is 1.26. The lowest BCUT2D eigenvalue weighted by molar-refractivity contribution is 0.904. The lowest BCUT2D eigenvalue weighted by Crippen LogP contribution is -1.76. The van der Waals surface area contributed by atoms with E-state index in [0.29, 0.717) is 0 Å². The summed E-state index contributed by atoms with van der Waals surface area (Å²) in [4.78, 5) is 0. The van der Waals surface area contributed by atoms with E-state index in [-0.39, 0.29) is 0 Å². The number of allylic oxidation sites excluding steroid dienone is 6. The molecule has 0 unspecified atom stereocenters. The van der Waals surface area contributed by atoms with Gasteiger partial charge in [-0.3, -0.25) is 0 Å². The molecule has 0 heterocycles. The molecule has 0 fully saturated rings. The molecule has 0 spiro atoms. The van der Waals surface area contributed by atoms with Crippen molar-refractivity contribution in [3.05, 3.63) is 35.5 Å². The first-order valence-electron chi connectivity index (χ1n) is 5.21. The van der Waals surface area contributed by atoms with Gasteiger partial charge in [0, 0.05) is 0 Å². The molecule has 0 aromatic heterocycles. The zero-order chi connectivity index (χ0) is 10.1. The minimum absolute atomic E-state index is 1.11. The molecule has 0 saturated heterocycles.